The Bertz CT molecular complexity index is 1270. The standard InChI is InChI=1S/C27H25N3O5/c1-34-22-8-4-5-9-23(22)35-19-14-10-17(11-15-19)29-24(31)16-28-26(32)25-20-6-2-3-7-21(20)27(33)30(25)18-12-13-18/h2-11,14-15,18,25H,12-13,16H2,1H3,(H,28,32)(H,29,31). The molecule has 1 atom stereocenters. The Hall–Kier alpha value is -4.33. The predicted octanol–water partition coefficient (Wildman–Crippen LogP) is 3.90. The summed E-state index contributed by atoms with van der Waals surface area (Å²) in [5.41, 5.74) is 1.81. The SMILES string of the molecule is COc1ccccc1Oc1ccc(NC(=O)CNC(=O)C2c3ccccc3C(=O)N2C2CC2)cc1. The van der Waals surface area contributed by atoms with Crippen LogP contribution in [0.25, 0.3) is 0 Å². The van der Waals surface area contributed by atoms with E-state index in [4.69, 9.17) is 9.47 Å². The number of anilines is 1. The largest absolute Gasteiger partial charge is 0.493 e. The molecule has 3 aromatic rings. The zero-order chi connectivity index (χ0) is 24.4. The normalized spacial score (nSPS) is 16.4. The summed E-state index contributed by atoms with van der Waals surface area (Å²) in [6.45, 7) is -0.205. The van der Waals surface area contributed by atoms with E-state index in [2.05, 4.69) is 10.6 Å². The summed E-state index contributed by atoms with van der Waals surface area (Å²) >= 11 is 0. The van der Waals surface area contributed by atoms with Crippen molar-refractivity contribution in [3.05, 3.63) is 83.9 Å². The summed E-state index contributed by atoms with van der Waals surface area (Å²) in [5.74, 6) is 0.945. The minimum absolute atomic E-state index is 0.0797. The fraction of sp³-hybridized carbons (Fsp3) is 0.222. The van der Waals surface area contributed by atoms with Crippen LogP contribution in [0.1, 0.15) is 34.8 Å². The van der Waals surface area contributed by atoms with Gasteiger partial charge in [0.05, 0.1) is 13.7 Å². The number of fused-ring (bicyclic) bond motifs is 1. The molecule has 8 nitrogen and oxygen atoms in total. The average Bonchev–Trinajstić information content (AvgIpc) is 3.68. The third-order valence-electron chi connectivity index (χ3n) is 6.05. The average molecular weight is 472 g/mol. The van der Waals surface area contributed by atoms with Crippen molar-refractivity contribution in [1.29, 1.82) is 0 Å². The Kier molecular flexibility index (Phi) is 6.10. The van der Waals surface area contributed by atoms with Gasteiger partial charge in [0.1, 0.15) is 11.8 Å². The molecule has 1 unspecified atom stereocenters. The zero-order valence-electron chi connectivity index (χ0n) is 19.2. The summed E-state index contributed by atoms with van der Waals surface area (Å²) in [7, 11) is 1.58. The molecule has 2 N–H and O–H groups in total. The molecule has 0 aromatic heterocycles. The highest BCUT2D eigenvalue weighted by Gasteiger charge is 2.47. The number of nitrogens with zero attached hydrogens (tertiary/aromatic N) is 1. The molecule has 0 spiro atoms. The molecule has 35 heavy (non-hydrogen) atoms. The molecule has 5 rings (SSSR count). The van der Waals surface area contributed by atoms with Crippen LogP contribution in [0.2, 0.25) is 0 Å². The van der Waals surface area contributed by atoms with Crippen LogP contribution in [-0.2, 0) is 9.59 Å². The molecule has 1 saturated carbocycles. The van der Waals surface area contributed by atoms with Crippen LogP contribution >= 0.6 is 0 Å². The summed E-state index contributed by atoms with van der Waals surface area (Å²) in [6.07, 6.45) is 1.78. The number of amides is 3. The Morgan fingerprint density at radius 3 is 2.34 bits per heavy atom. The zero-order valence-corrected chi connectivity index (χ0v) is 19.2. The number of ether oxygens (including phenoxy) is 2. The molecule has 2 aliphatic rings. The van der Waals surface area contributed by atoms with Gasteiger partial charge in [-0.3, -0.25) is 14.4 Å². The van der Waals surface area contributed by atoms with Gasteiger partial charge in [0.25, 0.3) is 5.91 Å². The topological polar surface area (TPSA) is 97.0 Å². The van der Waals surface area contributed by atoms with E-state index in [9.17, 15) is 14.4 Å². The van der Waals surface area contributed by atoms with E-state index >= 15 is 0 Å². The molecule has 1 fully saturated rings. The third kappa shape index (κ3) is 4.68. The van der Waals surface area contributed by atoms with Gasteiger partial charge in [-0.2, -0.15) is 0 Å². The van der Waals surface area contributed by atoms with Crippen LogP contribution in [0.5, 0.6) is 17.2 Å². The van der Waals surface area contributed by atoms with Crippen LogP contribution < -0.4 is 20.1 Å². The fourth-order valence-electron chi connectivity index (χ4n) is 4.24. The van der Waals surface area contributed by atoms with Gasteiger partial charge in [-0.15, -0.1) is 0 Å². The lowest BCUT2D eigenvalue weighted by Gasteiger charge is -2.24. The van der Waals surface area contributed by atoms with Gasteiger partial charge in [-0.05, 0) is 60.9 Å². The van der Waals surface area contributed by atoms with Crippen molar-refractivity contribution in [1.82, 2.24) is 10.2 Å². The molecule has 3 amide bonds. The number of para-hydroxylation sites is 2. The van der Waals surface area contributed by atoms with E-state index in [1.54, 1.807) is 60.5 Å². The maximum absolute atomic E-state index is 13.0. The monoisotopic (exact) mass is 471 g/mol. The summed E-state index contributed by atoms with van der Waals surface area (Å²) in [5, 5.41) is 5.45. The van der Waals surface area contributed by atoms with Crippen LogP contribution in [0.15, 0.2) is 72.8 Å². The molecule has 1 heterocycles. The van der Waals surface area contributed by atoms with E-state index in [-0.39, 0.29) is 30.3 Å². The highest BCUT2D eigenvalue weighted by molar-refractivity contribution is 6.05. The Morgan fingerprint density at radius 1 is 0.943 bits per heavy atom. The van der Waals surface area contributed by atoms with Crippen LogP contribution in [0.4, 0.5) is 5.69 Å². The number of benzene rings is 3. The number of methoxy groups -OCH3 is 1. The number of carbonyl (C=O) groups is 3. The van der Waals surface area contributed by atoms with Crippen molar-refractivity contribution in [3.63, 3.8) is 0 Å². The van der Waals surface area contributed by atoms with Crippen LogP contribution in [0, 0.1) is 0 Å². The molecule has 1 aliphatic carbocycles. The Labute approximate surface area is 202 Å². The second-order valence-corrected chi connectivity index (χ2v) is 8.48. The highest BCUT2D eigenvalue weighted by Crippen LogP contribution is 2.41. The molecular weight excluding hydrogens is 446 g/mol. The number of hydrogen-bond donors (Lipinski definition) is 2. The van der Waals surface area contributed by atoms with Gasteiger partial charge in [-0.25, -0.2) is 0 Å². The van der Waals surface area contributed by atoms with E-state index in [0.29, 0.717) is 34.1 Å². The van der Waals surface area contributed by atoms with Gasteiger partial charge in [-0.1, -0.05) is 30.3 Å². The Balaban J connectivity index is 1.18. The van der Waals surface area contributed by atoms with Gasteiger partial charge < -0.3 is 25.0 Å². The maximum Gasteiger partial charge on any atom is 0.255 e. The lowest BCUT2D eigenvalue weighted by molar-refractivity contribution is -0.127. The third-order valence-corrected chi connectivity index (χ3v) is 6.05. The maximum atomic E-state index is 13.0. The van der Waals surface area contributed by atoms with E-state index in [1.165, 1.54) is 0 Å². The van der Waals surface area contributed by atoms with Gasteiger partial charge in [0.2, 0.25) is 11.8 Å². The van der Waals surface area contributed by atoms with E-state index in [0.717, 1.165) is 12.8 Å². The lowest BCUT2D eigenvalue weighted by atomic mass is 10.0. The highest BCUT2D eigenvalue weighted by atomic mass is 16.5. The summed E-state index contributed by atoms with van der Waals surface area (Å²) in [4.78, 5) is 39.9. The predicted molar refractivity (Wildman–Crippen MR) is 130 cm³/mol. The van der Waals surface area contributed by atoms with Crippen LogP contribution in [-0.4, -0.2) is 42.3 Å². The lowest BCUT2D eigenvalue weighted by Crippen LogP contribution is -2.42. The molecular formula is C27H25N3O5. The summed E-state index contributed by atoms with van der Waals surface area (Å²) in [6, 6.07) is 20.7. The van der Waals surface area contributed by atoms with E-state index < -0.39 is 6.04 Å². The van der Waals surface area contributed by atoms with Crippen molar-refractivity contribution < 1.29 is 23.9 Å². The van der Waals surface area contributed by atoms with Crippen LogP contribution in [0.3, 0.4) is 0 Å². The van der Waals surface area contributed by atoms with Gasteiger partial charge >= 0.3 is 0 Å². The second-order valence-electron chi connectivity index (χ2n) is 8.48. The minimum Gasteiger partial charge on any atom is -0.493 e. The van der Waals surface area contributed by atoms with Crippen molar-refractivity contribution in [2.45, 2.75) is 24.9 Å². The van der Waals surface area contributed by atoms with E-state index in [1.807, 2.05) is 24.3 Å². The second kappa shape index (κ2) is 9.50. The van der Waals surface area contributed by atoms with Gasteiger partial charge in [0, 0.05) is 17.3 Å². The molecule has 3 aromatic carbocycles. The molecule has 0 radical (unpaired) electrons. The van der Waals surface area contributed by atoms with Crippen molar-refractivity contribution in [3.8, 4) is 17.2 Å². The van der Waals surface area contributed by atoms with Crippen molar-refractivity contribution >= 4 is 23.4 Å². The molecule has 8 heteroatoms. The first-order valence-electron chi connectivity index (χ1n) is 11.5. The number of nitrogens with one attached hydrogen (secondary N) is 2. The molecule has 0 saturated heterocycles. The van der Waals surface area contributed by atoms with Crippen molar-refractivity contribution in [2.24, 2.45) is 0 Å². The van der Waals surface area contributed by atoms with Gasteiger partial charge in [0.15, 0.2) is 11.5 Å². The number of carbonyl (C=O) groups excluding carboxylic acids is 3. The molecule has 1 aliphatic heterocycles. The minimum atomic E-state index is -0.703. The summed E-state index contributed by atoms with van der Waals surface area (Å²) < 4.78 is 11.1. The quantitative estimate of drug-likeness (QED) is 0.519. The van der Waals surface area contributed by atoms with Crippen molar-refractivity contribution in [2.75, 3.05) is 19.0 Å². The molecule has 0 bridgehead atoms. The first kappa shape index (κ1) is 22.5. The first-order chi connectivity index (χ1) is 17.0. The Morgan fingerprint density at radius 2 is 1.63 bits per heavy atom. The smallest absolute Gasteiger partial charge is 0.255 e. The number of rotatable bonds is 8. The number of hydrogen-bond acceptors (Lipinski definition) is 5. The first-order valence-corrected chi connectivity index (χ1v) is 11.5. The fourth-order valence-corrected chi connectivity index (χ4v) is 4.24. The molecule has 178 valence electrons.